The van der Waals surface area contributed by atoms with E-state index in [2.05, 4.69) is 28.0 Å². The van der Waals surface area contributed by atoms with E-state index in [4.69, 9.17) is 0 Å². The molecular weight excluding hydrogens is 365 g/mol. The molecule has 1 fully saturated rings. The van der Waals surface area contributed by atoms with Crippen LogP contribution in [0.1, 0.15) is 6.92 Å². The summed E-state index contributed by atoms with van der Waals surface area (Å²) in [5.41, 5.74) is 2.00. The van der Waals surface area contributed by atoms with Gasteiger partial charge in [0, 0.05) is 43.8 Å². The molecule has 3 aromatic rings. The summed E-state index contributed by atoms with van der Waals surface area (Å²) in [6.45, 7) is 6.37. The molecule has 0 N–H and O–H groups in total. The molecule has 0 unspecified atom stereocenters. The van der Waals surface area contributed by atoms with Crippen LogP contribution in [0.15, 0.2) is 66.7 Å². The molecule has 0 saturated carbocycles. The van der Waals surface area contributed by atoms with Gasteiger partial charge < -0.3 is 9.80 Å². The van der Waals surface area contributed by atoms with E-state index in [0.717, 1.165) is 48.3 Å². The monoisotopic (exact) mass is 391 g/mol. The summed E-state index contributed by atoms with van der Waals surface area (Å²) in [6, 6.07) is 20.9. The minimum absolute atomic E-state index is 0.124. The summed E-state index contributed by atoms with van der Waals surface area (Å²) in [6.07, 6.45) is 0. The standard InChI is InChI=1S/C24H26FN3O/c1-2-28(23-9-5-7-19-6-3-4-8-22(19)23)24(29)18-26-14-16-27(17-15-26)21-12-10-20(25)11-13-21/h3-13H,2,14-18H2,1H3. The van der Waals surface area contributed by atoms with Crippen molar-refractivity contribution in [1.82, 2.24) is 4.90 Å². The third-order valence-corrected chi connectivity index (χ3v) is 5.60. The maximum absolute atomic E-state index is 13.1. The zero-order chi connectivity index (χ0) is 20.2. The first-order valence-electron chi connectivity index (χ1n) is 10.2. The molecule has 1 amide bonds. The Balaban J connectivity index is 1.41. The van der Waals surface area contributed by atoms with Crippen LogP contribution in [0.4, 0.5) is 15.8 Å². The average molecular weight is 391 g/mol. The number of fused-ring (bicyclic) bond motifs is 1. The fourth-order valence-corrected chi connectivity index (χ4v) is 4.02. The fraction of sp³-hybridized carbons (Fsp3) is 0.292. The summed E-state index contributed by atoms with van der Waals surface area (Å²) in [5, 5.41) is 2.25. The number of piperazine rings is 1. The van der Waals surface area contributed by atoms with E-state index < -0.39 is 0 Å². The van der Waals surface area contributed by atoms with Crippen molar-refractivity contribution in [2.75, 3.05) is 49.1 Å². The van der Waals surface area contributed by atoms with Crippen molar-refractivity contribution in [3.63, 3.8) is 0 Å². The number of benzene rings is 3. The Bertz CT molecular complexity index is 976. The lowest BCUT2D eigenvalue weighted by molar-refractivity contribution is -0.119. The summed E-state index contributed by atoms with van der Waals surface area (Å²) in [5.74, 6) is -0.0924. The molecule has 0 aromatic heterocycles. The predicted octanol–water partition coefficient (Wildman–Crippen LogP) is 4.15. The van der Waals surface area contributed by atoms with Gasteiger partial charge in [-0.05, 0) is 42.6 Å². The van der Waals surface area contributed by atoms with Gasteiger partial charge in [-0.25, -0.2) is 4.39 Å². The van der Waals surface area contributed by atoms with Gasteiger partial charge in [0.2, 0.25) is 5.91 Å². The quantitative estimate of drug-likeness (QED) is 0.654. The molecule has 5 heteroatoms. The molecule has 0 bridgehead atoms. The molecule has 1 aliphatic rings. The Morgan fingerprint density at radius 1 is 0.931 bits per heavy atom. The van der Waals surface area contributed by atoms with Crippen LogP contribution in [0, 0.1) is 5.82 Å². The largest absolute Gasteiger partial charge is 0.369 e. The third kappa shape index (κ3) is 4.25. The number of anilines is 2. The van der Waals surface area contributed by atoms with Gasteiger partial charge in [-0.1, -0.05) is 36.4 Å². The average Bonchev–Trinajstić information content (AvgIpc) is 2.76. The van der Waals surface area contributed by atoms with Gasteiger partial charge in [-0.3, -0.25) is 9.69 Å². The Morgan fingerprint density at radius 3 is 2.34 bits per heavy atom. The second-order valence-electron chi connectivity index (χ2n) is 7.38. The lowest BCUT2D eigenvalue weighted by Gasteiger charge is -2.36. The van der Waals surface area contributed by atoms with Gasteiger partial charge in [0.05, 0.1) is 12.2 Å². The van der Waals surface area contributed by atoms with Crippen molar-refractivity contribution < 1.29 is 9.18 Å². The maximum atomic E-state index is 13.1. The van der Waals surface area contributed by atoms with E-state index in [-0.39, 0.29) is 11.7 Å². The van der Waals surface area contributed by atoms with Gasteiger partial charge in [-0.15, -0.1) is 0 Å². The molecule has 0 spiro atoms. The lowest BCUT2D eigenvalue weighted by atomic mass is 10.1. The summed E-state index contributed by atoms with van der Waals surface area (Å²) >= 11 is 0. The maximum Gasteiger partial charge on any atom is 0.241 e. The summed E-state index contributed by atoms with van der Waals surface area (Å²) < 4.78 is 13.1. The zero-order valence-electron chi connectivity index (χ0n) is 16.7. The molecular formula is C24H26FN3O. The smallest absolute Gasteiger partial charge is 0.241 e. The highest BCUT2D eigenvalue weighted by atomic mass is 19.1. The molecule has 0 atom stereocenters. The highest BCUT2D eigenvalue weighted by Crippen LogP contribution is 2.27. The second kappa shape index (κ2) is 8.62. The van der Waals surface area contributed by atoms with E-state index >= 15 is 0 Å². The third-order valence-electron chi connectivity index (χ3n) is 5.60. The topological polar surface area (TPSA) is 26.8 Å². The van der Waals surface area contributed by atoms with Crippen molar-refractivity contribution in [2.24, 2.45) is 0 Å². The molecule has 1 aliphatic heterocycles. The number of halogens is 1. The second-order valence-corrected chi connectivity index (χ2v) is 7.38. The highest BCUT2D eigenvalue weighted by Gasteiger charge is 2.23. The molecule has 4 rings (SSSR count). The molecule has 29 heavy (non-hydrogen) atoms. The Kier molecular flexibility index (Phi) is 5.76. The number of hydrogen-bond acceptors (Lipinski definition) is 3. The number of hydrogen-bond donors (Lipinski definition) is 0. The molecule has 1 saturated heterocycles. The van der Waals surface area contributed by atoms with Gasteiger partial charge in [0.15, 0.2) is 0 Å². The number of rotatable bonds is 5. The van der Waals surface area contributed by atoms with Gasteiger partial charge in [0.25, 0.3) is 0 Å². The van der Waals surface area contributed by atoms with Crippen molar-refractivity contribution in [3.05, 3.63) is 72.5 Å². The van der Waals surface area contributed by atoms with Crippen LogP contribution in [-0.2, 0) is 4.79 Å². The van der Waals surface area contributed by atoms with Crippen molar-refractivity contribution in [3.8, 4) is 0 Å². The van der Waals surface area contributed by atoms with E-state index in [1.54, 1.807) is 0 Å². The van der Waals surface area contributed by atoms with Crippen LogP contribution in [0.2, 0.25) is 0 Å². The molecule has 1 heterocycles. The first-order valence-corrected chi connectivity index (χ1v) is 10.2. The number of carbonyl (C=O) groups is 1. The minimum atomic E-state index is -0.217. The minimum Gasteiger partial charge on any atom is -0.369 e. The lowest BCUT2D eigenvalue weighted by Crippen LogP contribution is -2.50. The first-order chi connectivity index (χ1) is 14.2. The normalized spacial score (nSPS) is 14.9. The fourth-order valence-electron chi connectivity index (χ4n) is 4.02. The van der Waals surface area contributed by atoms with Gasteiger partial charge in [-0.2, -0.15) is 0 Å². The molecule has 0 aliphatic carbocycles. The van der Waals surface area contributed by atoms with Crippen LogP contribution in [0.3, 0.4) is 0 Å². The summed E-state index contributed by atoms with van der Waals surface area (Å²) in [4.78, 5) is 19.4. The number of nitrogens with zero attached hydrogens (tertiary/aromatic N) is 3. The number of amides is 1. The van der Waals surface area contributed by atoms with Crippen molar-refractivity contribution >= 4 is 28.1 Å². The predicted molar refractivity (Wildman–Crippen MR) is 117 cm³/mol. The van der Waals surface area contributed by atoms with E-state index in [1.165, 1.54) is 12.1 Å². The molecule has 3 aromatic carbocycles. The van der Waals surface area contributed by atoms with E-state index in [1.807, 2.05) is 48.2 Å². The van der Waals surface area contributed by atoms with Gasteiger partial charge in [0.1, 0.15) is 5.82 Å². The van der Waals surface area contributed by atoms with Crippen LogP contribution < -0.4 is 9.80 Å². The first kappa shape index (κ1) is 19.4. The Morgan fingerprint density at radius 2 is 1.62 bits per heavy atom. The van der Waals surface area contributed by atoms with Crippen LogP contribution >= 0.6 is 0 Å². The van der Waals surface area contributed by atoms with Gasteiger partial charge >= 0.3 is 0 Å². The van der Waals surface area contributed by atoms with Crippen LogP contribution in [0.25, 0.3) is 10.8 Å². The number of likely N-dealkylation sites (N-methyl/N-ethyl adjacent to an activating group) is 1. The highest BCUT2D eigenvalue weighted by molar-refractivity contribution is 6.04. The molecule has 0 radical (unpaired) electrons. The Hall–Kier alpha value is -2.92. The van der Waals surface area contributed by atoms with Crippen LogP contribution in [0.5, 0.6) is 0 Å². The van der Waals surface area contributed by atoms with E-state index in [9.17, 15) is 9.18 Å². The van der Waals surface area contributed by atoms with Crippen molar-refractivity contribution in [1.29, 1.82) is 0 Å². The summed E-state index contributed by atoms with van der Waals surface area (Å²) in [7, 11) is 0. The van der Waals surface area contributed by atoms with Crippen LogP contribution in [-0.4, -0.2) is 50.1 Å². The zero-order valence-corrected chi connectivity index (χ0v) is 16.7. The molecule has 4 nitrogen and oxygen atoms in total. The Labute approximate surface area is 171 Å². The van der Waals surface area contributed by atoms with E-state index in [0.29, 0.717) is 13.1 Å². The SMILES string of the molecule is CCN(C(=O)CN1CCN(c2ccc(F)cc2)CC1)c1cccc2ccccc12. The molecule has 150 valence electrons. The number of carbonyl (C=O) groups excluding carboxylic acids is 1. The van der Waals surface area contributed by atoms with Crippen molar-refractivity contribution in [2.45, 2.75) is 6.92 Å².